The number of halogens is 1. The van der Waals surface area contributed by atoms with Crippen molar-refractivity contribution < 1.29 is 9.84 Å². The molecule has 0 saturated carbocycles. The van der Waals surface area contributed by atoms with Crippen LogP contribution >= 0.6 is 11.6 Å². The van der Waals surface area contributed by atoms with Crippen LogP contribution in [0.25, 0.3) is 0 Å². The van der Waals surface area contributed by atoms with Gasteiger partial charge in [0.1, 0.15) is 30.0 Å². The molecule has 1 fully saturated rings. The van der Waals surface area contributed by atoms with Gasteiger partial charge in [0.15, 0.2) is 0 Å². The van der Waals surface area contributed by atoms with E-state index in [1.165, 1.54) is 6.33 Å². The maximum Gasteiger partial charge on any atom is 0.141 e. The topological polar surface area (TPSA) is 63.5 Å². The lowest BCUT2D eigenvalue weighted by Gasteiger charge is -2.40. The van der Waals surface area contributed by atoms with E-state index in [9.17, 15) is 5.11 Å². The van der Waals surface area contributed by atoms with E-state index in [-0.39, 0.29) is 6.10 Å². The normalized spacial score (nSPS) is 29.5. The number of ether oxygens (including phenoxy) is 1. The Bertz CT molecular complexity index is 944. The highest BCUT2D eigenvalue weighted by molar-refractivity contribution is 6.30. The molecule has 0 radical (unpaired) electrons. The van der Waals surface area contributed by atoms with Crippen molar-refractivity contribution in [2.75, 3.05) is 0 Å². The summed E-state index contributed by atoms with van der Waals surface area (Å²) < 4.78 is 7.91. The maximum absolute atomic E-state index is 11.9. The van der Waals surface area contributed by atoms with E-state index in [1.807, 2.05) is 42.5 Å². The minimum absolute atomic E-state index is 0.165. The van der Waals surface area contributed by atoms with Gasteiger partial charge in [-0.3, -0.25) is 0 Å². The minimum atomic E-state index is -1.18. The molecule has 6 heteroatoms. The van der Waals surface area contributed by atoms with Crippen molar-refractivity contribution in [1.29, 1.82) is 0 Å². The molecule has 0 unspecified atom stereocenters. The van der Waals surface area contributed by atoms with Crippen LogP contribution in [0.3, 0.4) is 0 Å². The summed E-state index contributed by atoms with van der Waals surface area (Å²) in [6.07, 6.45) is 4.57. The molecular weight excluding hydrogens is 350 g/mol. The van der Waals surface area contributed by atoms with E-state index in [0.717, 1.165) is 29.5 Å². The van der Waals surface area contributed by atoms with Gasteiger partial charge in [0, 0.05) is 5.02 Å². The van der Waals surface area contributed by atoms with Gasteiger partial charge in [0.25, 0.3) is 0 Å². The Balaban J connectivity index is 1.60. The summed E-state index contributed by atoms with van der Waals surface area (Å²) in [5, 5.41) is 16.8. The van der Waals surface area contributed by atoms with E-state index in [1.54, 1.807) is 11.0 Å². The lowest BCUT2D eigenvalue weighted by Crippen LogP contribution is -2.50. The summed E-state index contributed by atoms with van der Waals surface area (Å²) in [4.78, 5) is 4.02. The zero-order chi connectivity index (χ0) is 17.8. The Labute approximate surface area is 156 Å². The van der Waals surface area contributed by atoms with Gasteiger partial charge in [-0.2, -0.15) is 5.10 Å². The summed E-state index contributed by atoms with van der Waals surface area (Å²) in [5.74, 6) is 0. The number of nitrogens with zero attached hydrogens (tertiary/aromatic N) is 3. The fraction of sp³-hybridized carbons (Fsp3) is 0.300. The second kappa shape index (κ2) is 5.64. The van der Waals surface area contributed by atoms with Crippen LogP contribution in [0.15, 0.2) is 61.2 Å². The van der Waals surface area contributed by atoms with Crippen molar-refractivity contribution >= 4 is 11.6 Å². The second-order valence-electron chi connectivity index (χ2n) is 7.05. The van der Waals surface area contributed by atoms with E-state index in [0.29, 0.717) is 11.6 Å². The molecule has 3 aromatic rings. The molecule has 26 heavy (non-hydrogen) atoms. The highest BCUT2D eigenvalue weighted by Crippen LogP contribution is 2.64. The summed E-state index contributed by atoms with van der Waals surface area (Å²) in [6, 6.07) is 15.7. The first-order valence-electron chi connectivity index (χ1n) is 8.69. The van der Waals surface area contributed by atoms with E-state index >= 15 is 0 Å². The van der Waals surface area contributed by atoms with E-state index in [4.69, 9.17) is 16.3 Å². The first kappa shape index (κ1) is 16.0. The Morgan fingerprint density at radius 3 is 2.77 bits per heavy atom. The Morgan fingerprint density at radius 1 is 1.19 bits per heavy atom. The highest BCUT2D eigenvalue weighted by atomic mass is 35.5. The molecule has 0 amide bonds. The maximum atomic E-state index is 11.9. The fourth-order valence-corrected chi connectivity index (χ4v) is 4.45. The molecule has 5 rings (SSSR count). The van der Waals surface area contributed by atoms with Crippen molar-refractivity contribution in [1.82, 2.24) is 14.8 Å². The third-order valence-corrected chi connectivity index (χ3v) is 5.91. The molecule has 2 heterocycles. The molecule has 2 aliphatic rings. The number of aliphatic hydroxyl groups is 1. The van der Waals surface area contributed by atoms with Crippen molar-refractivity contribution in [3.63, 3.8) is 0 Å². The van der Waals surface area contributed by atoms with Gasteiger partial charge in [-0.1, -0.05) is 48.0 Å². The van der Waals surface area contributed by atoms with Gasteiger partial charge in [-0.05, 0) is 41.7 Å². The van der Waals surface area contributed by atoms with Crippen molar-refractivity contribution in [2.45, 2.75) is 36.7 Å². The number of benzene rings is 2. The second-order valence-corrected chi connectivity index (χ2v) is 7.49. The van der Waals surface area contributed by atoms with Gasteiger partial charge >= 0.3 is 0 Å². The average molecular weight is 368 g/mol. The zero-order valence-corrected chi connectivity index (χ0v) is 14.8. The number of aromatic nitrogens is 3. The van der Waals surface area contributed by atoms with Crippen LogP contribution in [-0.2, 0) is 23.3 Å². The molecule has 1 N–H and O–H groups in total. The number of epoxide rings is 1. The molecule has 3 atom stereocenters. The van der Waals surface area contributed by atoms with Crippen LogP contribution in [0, 0.1) is 0 Å². The van der Waals surface area contributed by atoms with Crippen LogP contribution < -0.4 is 0 Å². The van der Waals surface area contributed by atoms with Crippen molar-refractivity contribution in [3.05, 3.63) is 82.9 Å². The molecule has 1 aromatic heterocycles. The third kappa shape index (κ3) is 2.24. The summed E-state index contributed by atoms with van der Waals surface area (Å²) in [6.45, 7) is 0.300. The quantitative estimate of drug-likeness (QED) is 0.721. The standard InChI is InChI=1S/C20H18ClN3O2/c21-16-7-5-15(6-8-16)18-20(26-18)10-9-14-3-1-2-4-17(14)19(20,25)11-24-13-22-12-23-24/h1-8,12-13,18,25H,9-11H2/t18-,19-,20-/m0/s1. The largest absolute Gasteiger partial charge is 0.380 e. The SMILES string of the molecule is O[C@@]1(Cn2cncn2)c2ccccc2CC[C@@]12O[C@H]2c1ccc(Cl)cc1. The predicted octanol–water partition coefficient (Wildman–Crippen LogP) is 3.28. The molecule has 1 spiro atoms. The smallest absolute Gasteiger partial charge is 0.141 e. The van der Waals surface area contributed by atoms with Crippen LogP contribution in [0.1, 0.15) is 29.2 Å². The molecule has 0 bridgehead atoms. The number of hydrogen-bond donors (Lipinski definition) is 1. The lowest BCUT2D eigenvalue weighted by atomic mass is 9.68. The Morgan fingerprint density at radius 2 is 2.00 bits per heavy atom. The Kier molecular flexibility index (Phi) is 3.47. The molecule has 1 aliphatic heterocycles. The molecule has 1 saturated heterocycles. The number of rotatable bonds is 3. The van der Waals surface area contributed by atoms with Gasteiger partial charge in [-0.15, -0.1) is 0 Å². The summed E-state index contributed by atoms with van der Waals surface area (Å²) in [5.41, 5.74) is 1.26. The first-order chi connectivity index (χ1) is 12.6. The van der Waals surface area contributed by atoms with Crippen LogP contribution in [-0.4, -0.2) is 25.5 Å². The van der Waals surface area contributed by atoms with Gasteiger partial charge < -0.3 is 9.84 Å². The highest BCUT2D eigenvalue weighted by Gasteiger charge is 2.71. The monoisotopic (exact) mass is 367 g/mol. The van der Waals surface area contributed by atoms with Gasteiger partial charge in [0.05, 0.1) is 6.54 Å². The minimum Gasteiger partial charge on any atom is -0.380 e. The first-order valence-corrected chi connectivity index (χ1v) is 9.07. The Hall–Kier alpha value is -2.21. The molecule has 2 aromatic carbocycles. The van der Waals surface area contributed by atoms with Gasteiger partial charge in [0.2, 0.25) is 0 Å². The average Bonchev–Trinajstić information content (AvgIpc) is 3.17. The number of fused-ring (bicyclic) bond motifs is 1. The van der Waals surface area contributed by atoms with Crippen LogP contribution in [0.4, 0.5) is 0 Å². The number of hydrogen-bond acceptors (Lipinski definition) is 4. The van der Waals surface area contributed by atoms with Gasteiger partial charge in [-0.25, -0.2) is 9.67 Å². The number of aryl methyl sites for hydroxylation is 1. The predicted molar refractivity (Wildman–Crippen MR) is 96.7 cm³/mol. The lowest BCUT2D eigenvalue weighted by molar-refractivity contribution is -0.0704. The zero-order valence-electron chi connectivity index (χ0n) is 14.0. The van der Waals surface area contributed by atoms with Crippen molar-refractivity contribution in [3.8, 4) is 0 Å². The van der Waals surface area contributed by atoms with Crippen molar-refractivity contribution in [2.24, 2.45) is 0 Å². The van der Waals surface area contributed by atoms with Crippen LogP contribution in [0.5, 0.6) is 0 Å². The third-order valence-electron chi connectivity index (χ3n) is 5.65. The van der Waals surface area contributed by atoms with E-state index < -0.39 is 11.2 Å². The molecule has 5 nitrogen and oxygen atoms in total. The molecular formula is C20H18ClN3O2. The summed E-state index contributed by atoms with van der Waals surface area (Å²) in [7, 11) is 0. The molecule has 1 aliphatic carbocycles. The summed E-state index contributed by atoms with van der Waals surface area (Å²) >= 11 is 6.02. The molecule has 132 valence electrons. The van der Waals surface area contributed by atoms with Crippen LogP contribution in [0.2, 0.25) is 5.02 Å². The fourth-order valence-electron chi connectivity index (χ4n) is 4.32. The van der Waals surface area contributed by atoms with E-state index in [2.05, 4.69) is 16.1 Å².